The van der Waals surface area contributed by atoms with E-state index in [1.807, 2.05) is 7.05 Å². The number of nitrogens with one attached hydrogen (secondary N) is 2. The number of halogens is 1. The van der Waals surface area contributed by atoms with Gasteiger partial charge >= 0.3 is 0 Å². The lowest BCUT2D eigenvalue weighted by Gasteiger charge is -2.37. The summed E-state index contributed by atoms with van der Waals surface area (Å²) in [6, 6.07) is 11.1. The van der Waals surface area contributed by atoms with Gasteiger partial charge in [0.2, 0.25) is 0 Å². The first-order valence-corrected chi connectivity index (χ1v) is 9.17. The number of aliphatic imine (C=N–C) groups is 1. The molecule has 1 fully saturated rings. The van der Waals surface area contributed by atoms with Gasteiger partial charge in [0.15, 0.2) is 5.96 Å². The van der Waals surface area contributed by atoms with Crippen LogP contribution >= 0.6 is 24.0 Å². The van der Waals surface area contributed by atoms with Crippen LogP contribution in [0.3, 0.4) is 0 Å². The molecular formula is C19H34IN5. The first-order chi connectivity index (χ1) is 11.7. The number of hydrogen-bond donors (Lipinski definition) is 2. The van der Waals surface area contributed by atoms with Gasteiger partial charge in [0.1, 0.15) is 0 Å². The van der Waals surface area contributed by atoms with E-state index in [0.717, 1.165) is 38.6 Å². The Labute approximate surface area is 170 Å². The average molecular weight is 459 g/mol. The van der Waals surface area contributed by atoms with E-state index < -0.39 is 0 Å². The molecule has 2 N–H and O–H groups in total. The predicted octanol–water partition coefficient (Wildman–Crippen LogP) is 2.04. The molecule has 1 aromatic carbocycles. The highest BCUT2D eigenvalue weighted by molar-refractivity contribution is 14.0. The van der Waals surface area contributed by atoms with Gasteiger partial charge in [0.25, 0.3) is 0 Å². The van der Waals surface area contributed by atoms with E-state index in [4.69, 9.17) is 0 Å². The lowest BCUT2D eigenvalue weighted by molar-refractivity contribution is 0.107. The van der Waals surface area contributed by atoms with Crippen LogP contribution in [-0.2, 0) is 6.42 Å². The maximum absolute atomic E-state index is 4.33. The zero-order valence-electron chi connectivity index (χ0n) is 15.9. The molecule has 1 atom stereocenters. The van der Waals surface area contributed by atoms with Crippen molar-refractivity contribution in [2.45, 2.75) is 26.3 Å². The molecule has 1 heterocycles. The second kappa shape index (κ2) is 12.5. The van der Waals surface area contributed by atoms with Crippen molar-refractivity contribution in [2.75, 3.05) is 52.9 Å². The third-order valence-electron chi connectivity index (χ3n) is 4.81. The van der Waals surface area contributed by atoms with E-state index in [2.05, 4.69) is 69.6 Å². The van der Waals surface area contributed by atoms with E-state index in [1.165, 1.54) is 25.2 Å². The van der Waals surface area contributed by atoms with Crippen molar-refractivity contribution in [3.05, 3.63) is 35.9 Å². The van der Waals surface area contributed by atoms with E-state index in [-0.39, 0.29) is 24.0 Å². The van der Waals surface area contributed by atoms with Crippen LogP contribution in [0.25, 0.3) is 0 Å². The molecule has 0 bridgehead atoms. The Hall–Kier alpha value is -0.860. The van der Waals surface area contributed by atoms with Crippen molar-refractivity contribution in [1.82, 2.24) is 20.4 Å². The topological polar surface area (TPSA) is 42.9 Å². The van der Waals surface area contributed by atoms with Gasteiger partial charge in [-0.15, -0.1) is 24.0 Å². The Morgan fingerprint density at radius 3 is 2.40 bits per heavy atom. The Kier molecular flexibility index (Phi) is 11.1. The number of benzene rings is 1. The fourth-order valence-electron chi connectivity index (χ4n) is 3.08. The van der Waals surface area contributed by atoms with E-state index >= 15 is 0 Å². The zero-order valence-corrected chi connectivity index (χ0v) is 18.2. The van der Waals surface area contributed by atoms with Gasteiger partial charge in [-0.3, -0.25) is 9.89 Å². The average Bonchev–Trinajstić information content (AvgIpc) is 2.65. The minimum Gasteiger partial charge on any atom is -0.356 e. The van der Waals surface area contributed by atoms with Crippen molar-refractivity contribution in [1.29, 1.82) is 0 Å². The third-order valence-corrected chi connectivity index (χ3v) is 4.81. The number of rotatable bonds is 7. The molecule has 5 nitrogen and oxygen atoms in total. The lowest BCUT2D eigenvalue weighted by atomic mass is 10.1. The van der Waals surface area contributed by atoms with E-state index in [1.54, 1.807) is 0 Å². The first kappa shape index (κ1) is 22.2. The molecule has 1 aromatic rings. The zero-order chi connectivity index (χ0) is 17.2. The molecular weight excluding hydrogens is 425 g/mol. The largest absolute Gasteiger partial charge is 0.356 e. The van der Waals surface area contributed by atoms with Crippen molar-refractivity contribution < 1.29 is 0 Å². The summed E-state index contributed by atoms with van der Waals surface area (Å²) >= 11 is 0. The van der Waals surface area contributed by atoms with Crippen LogP contribution in [0, 0.1) is 0 Å². The number of likely N-dealkylation sites (N-methyl/N-ethyl adjacent to an activating group) is 1. The Morgan fingerprint density at radius 2 is 1.80 bits per heavy atom. The van der Waals surface area contributed by atoms with Crippen LogP contribution in [0.4, 0.5) is 0 Å². The predicted molar refractivity (Wildman–Crippen MR) is 118 cm³/mol. The second-order valence-electron chi connectivity index (χ2n) is 6.43. The molecule has 25 heavy (non-hydrogen) atoms. The molecule has 0 amide bonds. The monoisotopic (exact) mass is 459 g/mol. The molecule has 6 heteroatoms. The van der Waals surface area contributed by atoms with E-state index in [9.17, 15) is 0 Å². The van der Waals surface area contributed by atoms with E-state index in [0.29, 0.717) is 6.04 Å². The van der Waals surface area contributed by atoms with Gasteiger partial charge in [0, 0.05) is 52.4 Å². The van der Waals surface area contributed by atoms with Gasteiger partial charge < -0.3 is 15.5 Å². The van der Waals surface area contributed by atoms with Crippen molar-refractivity contribution in [3.63, 3.8) is 0 Å². The molecule has 1 unspecified atom stereocenters. The maximum Gasteiger partial charge on any atom is 0.191 e. The quantitative estimate of drug-likeness (QED) is 0.372. The fraction of sp³-hybridized carbons (Fsp3) is 0.632. The molecule has 0 aromatic heterocycles. The van der Waals surface area contributed by atoms with Crippen LogP contribution in [0.15, 0.2) is 35.3 Å². The van der Waals surface area contributed by atoms with Crippen molar-refractivity contribution in [2.24, 2.45) is 4.99 Å². The normalized spacial score (nSPS) is 17.6. The fourth-order valence-corrected chi connectivity index (χ4v) is 3.08. The first-order valence-electron chi connectivity index (χ1n) is 9.17. The van der Waals surface area contributed by atoms with Crippen molar-refractivity contribution >= 4 is 29.9 Å². The molecule has 1 aliphatic heterocycles. The molecule has 2 rings (SSSR count). The lowest BCUT2D eigenvalue weighted by Crippen LogP contribution is -2.53. The molecule has 0 spiro atoms. The second-order valence-corrected chi connectivity index (χ2v) is 6.43. The minimum atomic E-state index is 0. The third kappa shape index (κ3) is 7.92. The smallest absolute Gasteiger partial charge is 0.191 e. The highest BCUT2D eigenvalue weighted by Gasteiger charge is 2.20. The Morgan fingerprint density at radius 1 is 1.12 bits per heavy atom. The number of guanidine groups is 1. The summed E-state index contributed by atoms with van der Waals surface area (Å²) in [5.41, 5.74) is 1.35. The molecule has 1 saturated heterocycles. The van der Waals surface area contributed by atoms with Gasteiger partial charge in [-0.2, -0.15) is 0 Å². The highest BCUT2D eigenvalue weighted by Crippen LogP contribution is 2.05. The molecule has 0 radical (unpaired) electrons. The van der Waals surface area contributed by atoms with Gasteiger partial charge in [-0.25, -0.2) is 0 Å². The summed E-state index contributed by atoms with van der Waals surface area (Å²) < 4.78 is 0. The summed E-state index contributed by atoms with van der Waals surface area (Å²) in [6.07, 6.45) is 1.01. The Bertz CT molecular complexity index is 486. The SMILES string of the molecule is CCN1CCN(C(C)CNC(=NC)NCCc2ccccc2)CC1.I. The summed E-state index contributed by atoms with van der Waals surface area (Å²) in [5, 5.41) is 6.87. The van der Waals surface area contributed by atoms with Gasteiger partial charge in [0.05, 0.1) is 0 Å². The van der Waals surface area contributed by atoms with Gasteiger partial charge in [-0.1, -0.05) is 37.3 Å². The summed E-state index contributed by atoms with van der Waals surface area (Å²) in [6.45, 7) is 12.2. The minimum absolute atomic E-state index is 0. The van der Waals surface area contributed by atoms with Crippen LogP contribution in [0.5, 0.6) is 0 Å². The maximum atomic E-state index is 4.33. The Balaban J connectivity index is 0.00000312. The summed E-state index contributed by atoms with van der Waals surface area (Å²) in [5.74, 6) is 0.893. The molecule has 1 aliphatic rings. The summed E-state index contributed by atoms with van der Waals surface area (Å²) in [4.78, 5) is 9.41. The molecule has 142 valence electrons. The van der Waals surface area contributed by atoms with Crippen molar-refractivity contribution in [3.8, 4) is 0 Å². The number of nitrogens with zero attached hydrogens (tertiary/aromatic N) is 3. The standard InChI is InChI=1S/C19H33N5.HI/c1-4-23-12-14-24(15-13-23)17(2)16-22-19(20-3)21-11-10-18-8-6-5-7-9-18;/h5-9,17H,4,10-16H2,1-3H3,(H2,20,21,22);1H. The molecule has 0 aliphatic carbocycles. The number of hydrogen-bond acceptors (Lipinski definition) is 3. The van der Waals surface area contributed by atoms with Crippen LogP contribution in [0.2, 0.25) is 0 Å². The van der Waals surface area contributed by atoms with Gasteiger partial charge in [-0.05, 0) is 25.5 Å². The summed E-state index contributed by atoms with van der Waals surface area (Å²) in [7, 11) is 1.84. The van der Waals surface area contributed by atoms with Crippen LogP contribution in [0.1, 0.15) is 19.4 Å². The van der Waals surface area contributed by atoms with Crippen LogP contribution in [-0.4, -0.2) is 74.7 Å². The number of piperazine rings is 1. The molecule has 0 saturated carbocycles. The van der Waals surface area contributed by atoms with Crippen LogP contribution < -0.4 is 10.6 Å². The highest BCUT2D eigenvalue weighted by atomic mass is 127.